The number of nitrogens with zero attached hydrogens (tertiary/aromatic N) is 5. The number of rotatable bonds is 3. The van der Waals surface area contributed by atoms with Crippen LogP contribution in [0.5, 0.6) is 0 Å². The van der Waals surface area contributed by atoms with Gasteiger partial charge in [0.2, 0.25) is 0 Å². The van der Waals surface area contributed by atoms with Gasteiger partial charge in [0.25, 0.3) is 10.0 Å². The Bertz CT molecular complexity index is 863. The van der Waals surface area contributed by atoms with Crippen molar-refractivity contribution in [1.29, 1.82) is 0 Å². The van der Waals surface area contributed by atoms with Crippen molar-refractivity contribution >= 4 is 10.0 Å². The molecule has 3 heterocycles. The van der Waals surface area contributed by atoms with Gasteiger partial charge in [0.05, 0.1) is 5.56 Å². The molecule has 0 fully saturated rings. The fourth-order valence-electron chi connectivity index (χ4n) is 1.92. The van der Waals surface area contributed by atoms with E-state index in [0.717, 1.165) is 5.56 Å². The Hall–Kier alpha value is -2.72. The Kier molecular flexibility index (Phi) is 3.16. The van der Waals surface area contributed by atoms with Crippen molar-refractivity contribution in [2.24, 2.45) is 5.14 Å². The quantitative estimate of drug-likeness (QED) is 0.692. The van der Waals surface area contributed by atoms with E-state index >= 15 is 0 Å². The Morgan fingerprint density at radius 2 is 1.86 bits per heavy atom. The summed E-state index contributed by atoms with van der Waals surface area (Å²) in [4.78, 5) is 7.78. The molecule has 0 bridgehead atoms. The molecular weight excluding hydrogens is 294 g/mol. The Morgan fingerprint density at radius 1 is 1.10 bits per heavy atom. The van der Waals surface area contributed by atoms with Gasteiger partial charge in [-0.05, 0) is 39.8 Å². The van der Waals surface area contributed by atoms with Crippen molar-refractivity contribution in [3.05, 3.63) is 36.8 Å². The number of tetrazole rings is 1. The van der Waals surface area contributed by atoms with Gasteiger partial charge < -0.3 is 0 Å². The van der Waals surface area contributed by atoms with Crippen molar-refractivity contribution in [3.8, 4) is 22.5 Å². The average molecular weight is 303 g/mol. The van der Waals surface area contributed by atoms with Crippen molar-refractivity contribution in [1.82, 2.24) is 30.6 Å². The van der Waals surface area contributed by atoms with Crippen LogP contribution >= 0.6 is 0 Å². The highest BCUT2D eigenvalue weighted by molar-refractivity contribution is 7.89. The molecule has 0 atom stereocenters. The lowest BCUT2D eigenvalue weighted by Gasteiger charge is -2.10. The molecule has 0 saturated heterocycles. The predicted octanol–water partition coefficient (Wildman–Crippen LogP) is -0.0289. The molecule has 0 aliphatic rings. The third-order valence-corrected chi connectivity index (χ3v) is 3.61. The molecule has 9 nitrogen and oxygen atoms in total. The number of aromatic nitrogens is 6. The zero-order valence-corrected chi connectivity index (χ0v) is 11.3. The lowest BCUT2D eigenvalue weighted by molar-refractivity contribution is 0.594. The molecule has 0 aliphatic heterocycles. The second kappa shape index (κ2) is 5.00. The number of H-pyrrole nitrogens is 1. The number of hydrogen-bond acceptors (Lipinski definition) is 7. The summed E-state index contributed by atoms with van der Waals surface area (Å²) in [6, 6.07) is 5.12. The number of hydrogen-bond donors (Lipinski definition) is 2. The molecule has 3 aromatic rings. The van der Waals surface area contributed by atoms with Crippen LogP contribution in [0, 0.1) is 0 Å². The van der Waals surface area contributed by atoms with Gasteiger partial charge >= 0.3 is 0 Å². The first kappa shape index (κ1) is 13.3. The molecule has 106 valence electrons. The summed E-state index contributed by atoms with van der Waals surface area (Å²) in [6.45, 7) is 0. The number of sulfonamides is 1. The Labute approximate surface area is 119 Å². The van der Waals surface area contributed by atoms with Gasteiger partial charge in [-0.15, -0.1) is 5.10 Å². The zero-order chi connectivity index (χ0) is 14.9. The monoisotopic (exact) mass is 303 g/mol. The molecule has 21 heavy (non-hydrogen) atoms. The molecule has 0 unspecified atom stereocenters. The van der Waals surface area contributed by atoms with Gasteiger partial charge in [0.15, 0.2) is 10.9 Å². The van der Waals surface area contributed by atoms with Crippen LogP contribution in [0.4, 0.5) is 0 Å². The van der Waals surface area contributed by atoms with Crippen LogP contribution in [0.1, 0.15) is 0 Å². The first-order valence-corrected chi connectivity index (χ1v) is 7.28. The van der Waals surface area contributed by atoms with Crippen LogP contribution in [0.2, 0.25) is 0 Å². The number of nitrogens with one attached hydrogen (secondary N) is 1. The Morgan fingerprint density at radius 3 is 2.48 bits per heavy atom. The minimum Gasteiger partial charge on any atom is -0.265 e. The summed E-state index contributed by atoms with van der Waals surface area (Å²) in [6.07, 6.45) is 4.55. The van der Waals surface area contributed by atoms with E-state index in [4.69, 9.17) is 5.14 Å². The fourth-order valence-corrected chi connectivity index (χ4v) is 2.62. The van der Waals surface area contributed by atoms with Crippen molar-refractivity contribution in [2.45, 2.75) is 5.03 Å². The molecule has 10 heteroatoms. The number of primary sulfonamides is 1. The molecule has 0 amide bonds. The summed E-state index contributed by atoms with van der Waals surface area (Å²) in [5.41, 5.74) is 1.54. The van der Waals surface area contributed by atoms with Gasteiger partial charge in [-0.25, -0.2) is 23.6 Å². The van der Waals surface area contributed by atoms with E-state index in [0.29, 0.717) is 5.56 Å². The van der Waals surface area contributed by atoms with Gasteiger partial charge in [0, 0.05) is 18.6 Å². The first-order valence-electron chi connectivity index (χ1n) is 5.73. The smallest absolute Gasteiger partial charge is 0.256 e. The molecule has 0 aliphatic carbocycles. The minimum absolute atomic E-state index is 0.166. The van der Waals surface area contributed by atoms with E-state index in [-0.39, 0.29) is 16.4 Å². The Balaban J connectivity index is 2.36. The van der Waals surface area contributed by atoms with E-state index in [2.05, 4.69) is 30.6 Å². The average Bonchev–Trinajstić information content (AvgIpc) is 3.00. The maximum absolute atomic E-state index is 11.8. The fraction of sp³-hybridized carbons (Fsp3) is 0. The van der Waals surface area contributed by atoms with E-state index in [1.165, 1.54) is 6.20 Å². The summed E-state index contributed by atoms with van der Waals surface area (Å²) in [5, 5.41) is 18.1. The normalized spacial score (nSPS) is 11.5. The highest BCUT2D eigenvalue weighted by atomic mass is 32.2. The maximum atomic E-state index is 11.8. The first-order chi connectivity index (χ1) is 10.1. The van der Waals surface area contributed by atoms with E-state index in [1.807, 2.05) is 0 Å². The molecule has 3 rings (SSSR count). The highest BCUT2D eigenvalue weighted by Crippen LogP contribution is 2.32. The largest absolute Gasteiger partial charge is 0.265 e. The molecule has 3 aromatic heterocycles. The van der Waals surface area contributed by atoms with E-state index in [1.54, 1.807) is 30.6 Å². The molecule has 0 saturated carbocycles. The van der Waals surface area contributed by atoms with Gasteiger partial charge in [-0.1, -0.05) is 0 Å². The minimum atomic E-state index is -4.03. The lowest BCUT2D eigenvalue weighted by atomic mass is 10.0. The van der Waals surface area contributed by atoms with Crippen molar-refractivity contribution in [3.63, 3.8) is 0 Å². The van der Waals surface area contributed by atoms with E-state index < -0.39 is 10.0 Å². The topological polar surface area (TPSA) is 140 Å². The molecule has 0 aromatic carbocycles. The van der Waals surface area contributed by atoms with Crippen LogP contribution in [0.15, 0.2) is 41.8 Å². The number of aromatic amines is 1. The summed E-state index contributed by atoms with van der Waals surface area (Å²) >= 11 is 0. The molecule has 0 radical (unpaired) electrons. The molecular formula is C11H9N7O2S. The zero-order valence-electron chi connectivity index (χ0n) is 10.5. The van der Waals surface area contributed by atoms with Crippen molar-refractivity contribution < 1.29 is 8.42 Å². The van der Waals surface area contributed by atoms with Crippen LogP contribution in [0.25, 0.3) is 22.5 Å². The van der Waals surface area contributed by atoms with Gasteiger partial charge in [-0.3, -0.25) is 4.98 Å². The summed E-state index contributed by atoms with van der Waals surface area (Å²) in [7, 11) is -4.03. The number of nitrogens with two attached hydrogens (primary N) is 1. The summed E-state index contributed by atoms with van der Waals surface area (Å²) in [5.74, 6) is 0.166. The van der Waals surface area contributed by atoms with Crippen molar-refractivity contribution in [2.75, 3.05) is 0 Å². The third kappa shape index (κ3) is 2.49. The predicted molar refractivity (Wildman–Crippen MR) is 72.0 cm³/mol. The van der Waals surface area contributed by atoms with Crippen LogP contribution < -0.4 is 5.14 Å². The van der Waals surface area contributed by atoms with E-state index in [9.17, 15) is 8.42 Å². The SMILES string of the molecule is NS(=O)(=O)c1nccc(-c2ccncc2)c1-c1nnn[nH]1. The van der Waals surface area contributed by atoms with Crippen LogP contribution in [-0.4, -0.2) is 39.0 Å². The van der Waals surface area contributed by atoms with Crippen LogP contribution in [-0.2, 0) is 10.0 Å². The third-order valence-electron chi connectivity index (χ3n) is 2.76. The highest BCUT2D eigenvalue weighted by Gasteiger charge is 2.23. The summed E-state index contributed by atoms with van der Waals surface area (Å²) < 4.78 is 23.5. The second-order valence-electron chi connectivity index (χ2n) is 4.07. The molecule has 0 spiro atoms. The number of pyridine rings is 2. The second-order valence-corrected chi connectivity index (χ2v) is 5.55. The maximum Gasteiger partial charge on any atom is 0.256 e. The van der Waals surface area contributed by atoms with Gasteiger partial charge in [-0.2, -0.15) is 0 Å². The van der Waals surface area contributed by atoms with Gasteiger partial charge in [0.1, 0.15) is 0 Å². The van der Waals surface area contributed by atoms with Crippen LogP contribution in [0.3, 0.4) is 0 Å². The lowest BCUT2D eigenvalue weighted by Crippen LogP contribution is -2.16. The molecule has 3 N–H and O–H groups in total. The standard InChI is InChI=1S/C11H9N7O2S/c12-21(19,20)11-9(10-15-17-18-16-10)8(3-6-14-11)7-1-4-13-5-2-7/h1-6H,(H2,12,19,20)(H,15,16,17,18).